The predicted octanol–water partition coefficient (Wildman–Crippen LogP) is 7.07. The molecule has 246 valence electrons. The molecule has 0 N–H and O–H groups in total. The summed E-state index contributed by atoms with van der Waals surface area (Å²) in [5, 5.41) is 5.14. The Balaban J connectivity index is 1.73. The van der Waals surface area contributed by atoms with E-state index < -0.39 is 5.60 Å². The molecule has 43 heavy (non-hydrogen) atoms. The summed E-state index contributed by atoms with van der Waals surface area (Å²) in [5.41, 5.74) is 3.10. The summed E-state index contributed by atoms with van der Waals surface area (Å²) in [7, 11) is 3.89. The first-order valence-electron chi connectivity index (χ1n) is 16.7. The van der Waals surface area contributed by atoms with Crippen molar-refractivity contribution in [3.63, 3.8) is 0 Å². The fraction of sp³-hybridized carbons (Fsp3) is 0.824. The van der Waals surface area contributed by atoms with E-state index in [9.17, 15) is 4.79 Å². The van der Waals surface area contributed by atoms with Crippen LogP contribution >= 0.6 is 0 Å². The number of ether oxygens (including phenoxy) is 4. The van der Waals surface area contributed by atoms with Crippen molar-refractivity contribution in [1.29, 1.82) is 0 Å². The second kappa shape index (κ2) is 17.5. The van der Waals surface area contributed by atoms with E-state index in [1.54, 1.807) is 11.9 Å². The fourth-order valence-corrected chi connectivity index (χ4v) is 5.55. The van der Waals surface area contributed by atoms with Crippen LogP contribution in [0.1, 0.15) is 116 Å². The van der Waals surface area contributed by atoms with Gasteiger partial charge in [0.1, 0.15) is 11.8 Å². The highest BCUT2D eigenvalue weighted by molar-refractivity contribution is 5.67. The number of nitrogens with zero attached hydrogens (tertiary/aromatic N) is 4. The van der Waals surface area contributed by atoms with Crippen molar-refractivity contribution >= 4 is 11.7 Å². The van der Waals surface area contributed by atoms with Crippen LogP contribution in [0, 0.1) is 5.41 Å². The van der Waals surface area contributed by atoms with Crippen LogP contribution in [0.4, 0.5) is 4.79 Å². The SMILES string of the molecule is CCCCOCC1(COCCCC)CC=C(c2nn(C3CCCCO3)cc2CN(C)CCN(C)C(=O)OC(C)(C)C)CC1. The molecule has 2 heterocycles. The predicted molar refractivity (Wildman–Crippen MR) is 172 cm³/mol. The summed E-state index contributed by atoms with van der Waals surface area (Å²) in [6.45, 7) is 16.0. The van der Waals surface area contributed by atoms with Gasteiger partial charge in [-0.1, -0.05) is 32.8 Å². The molecule has 0 spiro atoms. The minimum Gasteiger partial charge on any atom is -0.444 e. The van der Waals surface area contributed by atoms with E-state index in [1.165, 1.54) is 11.1 Å². The first-order chi connectivity index (χ1) is 20.6. The Labute approximate surface area is 261 Å². The second-order valence-corrected chi connectivity index (χ2v) is 13.7. The van der Waals surface area contributed by atoms with Crippen molar-refractivity contribution in [3.8, 4) is 0 Å². The Bertz CT molecular complexity index is 983. The quantitative estimate of drug-likeness (QED) is 0.176. The molecule has 0 radical (unpaired) electrons. The molecule has 1 aliphatic carbocycles. The molecule has 9 heteroatoms. The zero-order valence-electron chi connectivity index (χ0n) is 28.3. The maximum Gasteiger partial charge on any atom is 0.410 e. The summed E-state index contributed by atoms with van der Waals surface area (Å²) in [4.78, 5) is 16.4. The minimum atomic E-state index is -0.503. The van der Waals surface area contributed by atoms with Gasteiger partial charge in [0.2, 0.25) is 0 Å². The molecular formula is C34H60N4O5. The number of hydrogen-bond acceptors (Lipinski definition) is 7. The van der Waals surface area contributed by atoms with Crippen molar-refractivity contribution in [2.45, 2.75) is 117 Å². The highest BCUT2D eigenvalue weighted by Crippen LogP contribution is 2.40. The Morgan fingerprint density at radius 3 is 2.35 bits per heavy atom. The molecule has 0 aromatic carbocycles. The van der Waals surface area contributed by atoms with Crippen molar-refractivity contribution in [2.24, 2.45) is 5.41 Å². The van der Waals surface area contributed by atoms with Crippen LogP contribution in [-0.2, 0) is 25.5 Å². The third kappa shape index (κ3) is 11.8. The van der Waals surface area contributed by atoms with Crippen LogP contribution in [0.25, 0.3) is 5.57 Å². The van der Waals surface area contributed by atoms with E-state index >= 15 is 0 Å². The van der Waals surface area contributed by atoms with Crippen LogP contribution in [0.15, 0.2) is 12.3 Å². The summed E-state index contributed by atoms with van der Waals surface area (Å²) < 4.78 is 26.0. The van der Waals surface area contributed by atoms with Crippen molar-refractivity contribution in [3.05, 3.63) is 23.5 Å². The number of rotatable bonds is 17. The van der Waals surface area contributed by atoms with E-state index in [-0.39, 0.29) is 17.7 Å². The molecule has 1 aliphatic heterocycles. The van der Waals surface area contributed by atoms with Crippen LogP contribution in [0.2, 0.25) is 0 Å². The van der Waals surface area contributed by atoms with E-state index in [0.717, 1.165) is 116 Å². The summed E-state index contributed by atoms with van der Waals surface area (Å²) in [6.07, 6.45) is 14.9. The summed E-state index contributed by atoms with van der Waals surface area (Å²) in [6, 6.07) is 0. The Hall–Kier alpha value is -1.94. The smallest absolute Gasteiger partial charge is 0.410 e. The number of carbonyl (C=O) groups excluding carboxylic acids is 1. The lowest BCUT2D eigenvalue weighted by Crippen LogP contribution is -2.38. The van der Waals surface area contributed by atoms with Gasteiger partial charge in [0, 0.05) is 63.7 Å². The maximum absolute atomic E-state index is 12.5. The highest BCUT2D eigenvalue weighted by Gasteiger charge is 2.34. The van der Waals surface area contributed by atoms with Crippen LogP contribution in [-0.4, -0.2) is 91.5 Å². The molecule has 0 saturated carbocycles. The monoisotopic (exact) mass is 604 g/mol. The van der Waals surface area contributed by atoms with Crippen LogP contribution in [0.3, 0.4) is 0 Å². The number of hydrogen-bond donors (Lipinski definition) is 0. The van der Waals surface area contributed by atoms with E-state index in [1.807, 2.05) is 20.8 Å². The first-order valence-corrected chi connectivity index (χ1v) is 16.7. The average Bonchev–Trinajstić information content (AvgIpc) is 3.40. The summed E-state index contributed by atoms with van der Waals surface area (Å²) >= 11 is 0. The highest BCUT2D eigenvalue weighted by atomic mass is 16.6. The molecule has 1 amide bonds. The topological polar surface area (TPSA) is 78.3 Å². The third-order valence-electron chi connectivity index (χ3n) is 8.33. The largest absolute Gasteiger partial charge is 0.444 e. The number of likely N-dealkylation sites (N-methyl/N-ethyl adjacent to an activating group) is 2. The van der Waals surface area contributed by atoms with E-state index in [0.29, 0.717) is 6.54 Å². The van der Waals surface area contributed by atoms with Gasteiger partial charge in [-0.15, -0.1) is 0 Å². The summed E-state index contributed by atoms with van der Waals surface area (Å²) in [5.74, 6) is 0. The first kappa shape index (κ1) is 35.5. The number of amides is 1. The van der Waals surface area contributed by atoms with Gasteiger partial charge in [0.25, 0.3) is 0 Å². The molecule has 3 rings (SSSR count). The number of aromatic nitrogens is 2. The molecule has 1 unspecified atom stereocenters. The van der Waals surface area contributed by atoms with Crippen LogP contribution < -0.4 is 0 Å². The zero-order chi connectivity index (χ0) is 31.3. The molecule has 0 bridgehead atoms. The van der Waals surface area contributed by atoms with Gasteiger partial charge in [-0.05, 0) is 84.8 Å². The normalized spacial score (nSPS) is 19.0. The molecule has 1 aromatic heterocycles. The van der Waals surface area contributed by atoms with Gasteiger partial charge < -0.3 is 28.7 Å². The van der Waals surface area contributed by atoms with Gasteiger partial charge in [-0.3, -0.25) is 0 Å². The van der Waals surface area contributed by atoms with Crippen molar-refractivity contribution in [2.75, 3.05) is 60.2 Å². The number of allylic oxidation sites excluding steroid dienone is 2. The second-order valence-electron chi connectivity index (χ2n) is 13.7. The Morgan fingerprint density at radius 2 is 1.79 bits per heavy atom. The molecule has 1 atom stereocenters. The maximum atomic E-state index is 12.5. The molecule has 2 aliphatic rings. The standard InChI is InChI=1S/C34H60N4O5/c1-8-10-21-40-26-34(27-41-22-11-9-2)17-15-28(16-18-34)31-29(25-38(35-31)30-14-12-13-23-42-30)24-36(6)19-20-37(7)32(39)43-33(3,4)5/h15,25,30H,8-14,16-24,26-27H2,1-7H3. The lowest BCUT2D eigenvalue weighted by atomic mass is 9.75. The Morgan fingerprint density at radius 1 is 1.09 bits per heavy atom. The van der Waals surface area contributed by atoms with Gasteiger partial charge in [0.15, 0.2) is 0 Å². The van der Waals surface area contributed by atoms with Gasteiger partial charge >= 0.3 is 6.09 Å². The molecule has 1 fully saturated rings. The van der Waals surface area contributed by atoms with E-state index in [4.69, 9.17) is 24.0 Å². The Kier molecular flexibility index (Phi) is 14.5. The molecular weight excluding hydrogens is 544 g/mol. The molecule has 9 nitrogen and oxygen atoms in total. The van der Waals surface area contributed by atoms with Gasteiger partial charge in [-0.2, -0.15) is 5.10 Å². The molecule has 1 aromatic rings. The minimum absolute atomic E-state index is 0.00734. The molecule has 1 saturated heterocycles. The van der Waals surface area contributed by atoms with Crippen molar-refractivity contribution < 1.29 is 23.7 Å². The fourth-order valence-electron chi connectivity index (χ4n) is 5.55. The zero-order valence-corrected chi connectivity index (χ0v) is 28.3. The lowest BCUT2D eigenvalue weighted by Gasteiger charge is -2.36. The van der Waals surface area contributed by atoms with Gasteiger partial charge in [0.05, 0.1) is 18.9 Å². The number of unbranched alkanes of at least 4 members (excludes halogenated alkanes) is 2. The van der Waals surface area contributed by atoms with Gasteiger partial charge in [-0.25, -0.2) is 9.48 Å². The van der Waals surface area contributed by atoms with E-state index in [2.05, 4.69) is 42.7 Å². The van der Waals surface area contributed by atoms with Crippen molar-refractivity contribution in [1.82, 2.24) is 19.6 Å². The van der Waals surface area contributed by atoms with Crippen LogP contribution in [0.5, 0.6) is 0 Å². The third-order valence-corrected chi connectivity index (χ3v) is 8.33. The lowest BCUT2D eigenvalue weighted by molar-refractivity contribution is -0.0396. The average molecular weight is 605 g/mol. The number of carbonyl (C=O) groups is 1.